The van der Waals surface area contributed by atoms with Crippen LogP contribution in [0.2, 0.25) is 0 Å². The van der Waals surface area contributed by atoms with Gasteiger partial charge in [-0.1, -0.05) is 0 Å². The molecule has 0 aromatic heterocycles. The topological polar surface area (TPSA) is 35.5 Å². The second kappa shape index (κ2) is 3.73. The first-order chi connectivity index (χ1) is 5.84. The summed E-state index contributed by atoms with van der Waals surface area (Å²) in [6.07, 6.45) is 1.92. The van der Waals surface area contributed by atoms with E-state index in [4.69, 9.17) is 0 Å². The van der Waals surface area contributed by atoms with Crippen molar-refractivity contribution in [2.45, 2.75) is 18.9 Å². The lowest BCUT2D eigenvalue weighted by atomic mass is 10.0. The average molecular weight is 170 g/mol. The molecule has 2 fully saturated rings. The van der Waals surface area contributed by atoms with Gasteiger partial charge in [-0.25, -0.2) is 0 Å². The van der Waals surface area contributed by atoms with Crippen LogP contribution >= 0.6 is 0 Å². The number of likely N-dealkylation sites (tertiary alicyclic amines) is 1. The standard InChI is InChI=1S/C9H18N2O/c12-9-1-3-11(4-2-9)7-8-5-10-6-8/h8-10,12H,1-7H2. The first-order valence-electron chi connectivity index (χ1n) is 4.96. The molecule has 3 nitrogen and oxygen atoms in total. The van der Waals surface area contributed by atoms with Crippen LogP contribution in [0.1, 0.15) is 12.8 Å². The molecule has 12 heavy (non-hydrogen) atoms. The number of rotatable bonds is 2. The first-order valence-corrected chi connectivity index (χ1v) is 4.96. The van der Waals surface area contributed by atoms with Crippen molar-refractivity contribution in [2.24, 2.45) is 5.92 Å². The maximum absolute atomic E-state index is 9.29. The second-order valence-electron chi connectivity index (χ2n) is 4.06. The van der Waals surface area contributed by atoms with Crippen LogP contribution in [-0.2, 0) is 0 Å². The third-order valence-electron chi connectivity index (χ3n) is 2.94. The maximum Gasteiger partial charge on any atom is 0.0564 e. The van der Waals surface area contributed by atoms with E-state index in [-0.39, 0.29) is 6.10 Å². The van der Waals surface area contributed by atoms with Crippen molar-refractivity contribution < 1.29 is 5.11 Å². The summed E-state index contributed by atoms with van der Waals surface area (Å²) >= 11 is 0. The highest BCUT2D eigenvalue weighted by Gasteiger charge is 2.23. The van der Waals surface area contributed by atoms with Gasteiger partial charge >= 0.3 is 0 Å². The Balaban J connectivity index is 1.67. The van der Waals surface area contributed by atoms with Crippen LogP contribution in [0.3, 0.4) is 0 Å². The van der Waals surface area contributed by atoms with Crippen LogP contribution in [0, 0.1) is 5.92 Å². The van der Waals surface area contributed by atoms with Gasteiger partial charge in [0.25, 0.3) is 0 Å². The first kappa shape index (κ1) is 8.48. The van der Waals surface area contributed by atoms with E-state index < -0.39 is 0 Å². The summed E-state index contributed by atoms with van der Waals surface area (Å²) in [5.74, 6) is 0.875. The fourth-order valence-electron chi connectivity index (χ4n) is 1.94. The van der Waals surface area contributed by atoms with Gasteiger partial charge in [-0.3, -0.25) is 0 Å². The van der Waals surface area contributed by atoms with E-state index in [0.717, 1.165) is 31.8 Å². The summed E-state index contributed by atoms with van der Waals surface area (Å²) in [5, 5.41) is 12.6. The molecule has 0 aromatic carbocycles. The number of nitrogens with one attached hydrogen (secondary N) is 1. The van der Waals surface area contributed by atoms with Gasteiger partial charge < -0.3 is 15.3 Å². The monoisotopic (exact) mass is 170 g/mol. The Hall–Kier alpha value is -0.120. The van der Waals surface area contributed by atoms with E-state index in [1.807, 2.05) is 0 Å². The molecule has 0 atom stereocenters. The molecule has 0 aromatic rings. The number of hydrogen-bond acceptors (Lipinski definition) is 3. The van der Waals surface area contributed by atoms with Crippen molar-refractivity contribution in [3.63, 3.8) is 0 Å². The van der Waals surface area contributed by atoms with Gasteiger partial charge in [0.05, 0.1) is 6.10 Å². The predicted octanol–water partition coefficient (Wildman–Crippen LogP) is -0.337. The highest BCUT2D eigenvalue weighted by molar-refractivity contribution is 4.80. The van der Waals surface area contributed by atoms with Crippen LogP contribution in [0.25, 0.3) is 0 Å². The molecule has 0 amide bonds. The molecule has 3 heteroatoms. The zero-order valence-electron chi connectivity index (χ0n) is 7.50. The maximum atomic E-state index is 9.29. The second-order valence-corrected chi connectivity index (χ2v) is 4.06. The Labute approximate surface area is 73.8 Å². The zero-order valence-corrected chi connectivity index (χ0v) is 7.50. The minimum absolute atomic E-state index is 0.0271. The molecule has 2 N–H and O–H groups in total. The van der Waals surface area contributed by atoms with E-state index >= 15 is 0 Å². The van der Waals surface area contributed by atoms with Gasteiger partial charge in [-0.05, 0) is 18.8 Å². The smallest absolute Gasteiger partial charge is 0.0564 e. The third kappa shape index (κ3) is 1.97. The van der Waals surface area contributed by atoms with Crippen molar-refractivity contribution in [1.82, 2.24) is 10.2 Å². The van der Waals surface area contributed by atoms with E-state index in [1.165, 1.54) is 19.6 Å². The van der Waals surface area contributed by atoms with Gasteiger partial charge in [0.2, 0.25) is 0 Å². The van der Waals surface area contributed by atoms with E-state index in [9.17, 15) is 5.11 Å². The molecule has 2 rings (SSSR count). The fourth-order valence-corrected chi connectivity index (χ4v) is 1.94. The van der Waals surface area contributed by atoms with Crippen molar-refractivity contribution >= 4 is 0 Å². The SMILES string of the molecule is OC1CCN(CC2CNC2)CC1. The van der Waals surface area contributed by atoms with Crippen LogP contribution in [0.15, 0.2) is 0 Å². The van der Waals surface area contributed by atoms with Gasteiger partial charge in [0, 0.05) is 32.7 Å². The molecule has 0 spiro atoms. The lowest BCUT2D eigenvalue weighted by Gasteiger charge is -2.36. The minimum Gasteiger partial charge on any atom is -0.393 e. The van der Waals surface area contributed by atoms with Crippen molar-refractivity contribution in [1.29, 1.82) is 0 Å². The quantitative estimate of drug-likeness (QED) is 0.595. The van der Waals surface area contributed by atoms with Crippen molar-refractivity contribution in [3.8, 4) is 0 Å². The zero-order chi connectivity index (χ0) is 8.39. The Morgan fingerprint density at radius 3 is 2.42 bits per heavy atom. The largest absolute Gasteiger partial charge is 0.393 e. The minimum atomic E-state index is -0.0271. The van der Waals surface area contributed by atoms with E-state index in [1.54, 1.807) is 0 Å². The van der Waals surface area contributed by atoms with E-state index in [0.29, 0.717) is 0 Å². The van der Waals surface area contributed by atoms with Gasteiger partial charge in [-0.15, -0.1) is 0 Å². The molecule has 0 radical (unpaired) electrons. The lowest BCUT2D eigenvalue weighted by Crippen LogP contribution is -2.50. The summed E-state index contributed by atoms with van der Waals surface area (Å²) < 4.78 is 0. The Kier molecular flexibility index (Phi) is 2.63. The van der Waals surface area contributed by atoms with Gasteiger partial charge in [0.1, 0.15) is 0 Å². The highest BCUT2D eigenvalue weighted by atomic mass is 16.3. The fraction of sp³-hybridized carbons (Fsp3) is 1.00. The van der Waals surface area contributed by atoms with E-state index in [2.05, 4.69) is 10.2 Å². The summed E-state index contributed by atoms with van der Waals surface area (Å²) in [6.45, 7) is 5.81. The summed E-state index contributed by atoms with van der Waals surface area (Å²) in [6, 6.07) is 0. The molecule has 0 saturated carbocycles. The van der Waals surface area contributed by atoms with Gasteiger partial charge in [0.15, 0.2) is 0 Å². The van der Waals surface area contributed by atoms with Crippen LogP contribution in [0.5, 0.6) is 0 Å². The van der Waals surface area contributed by atoms with Crippen LogP contribution < -0.4 is 5.32 Å². The summed E-state index contributed by atoms with van der Waals surface area (Å²) in [7, 11) is 0. The average Bonchev–Trinajstić information content (AvgIpc) is 2.00. The van der Waals surface area contributed by atoms with Gasteiger partial charge in [-0.2, -0.15) is 0 Å². The summed E-state index contributed by atoms with van der Waals surface area (Å²) in [5.41, 5.74) is 0. The number of nitrogens with zero attached hydrogens (tertiary/aromatic N) is 1. The molecular weight excluding hydrogens is 152 g/mol. The predicted molar refractivity (Wildman–Crippen MR) is 48.0 cm³/mol. The Morgan fingerprint density at radius 2 is 1.92 bits per heavy atom. The number of aliphatic hydroxyl groups excluding tert-OH is 1. The van der Waals surface area contributed by atoms with Crippen molar-refractivity contribution in [3.05, 3.63) is 0 Å². The third-order valence-corrected chi connectivity index (χ3v) is 2.94. The van der Waals surface area contributed by atoms with Crippen LogP contribution in [0.4, 0.5) is 0 Å². The Bertz CT molecular complexity index is 139. The molecule has 2 heterocycles. The highest BCUT2D eigenvalue weighted by Crippen LogP contribution is 2.13. The number of hydrogen-bond donors (Lipinski definition) is 2. The normalized spacial score (nSPS) is 28.8. The lowest BCUT2D eigenvalue weighted by molar-refractivity contribution is 0.0694. The molecular formula is C9H18N2O. The summed E-state index contributed by atoms with van der Waals surface area (Å²) in [4.78, 5) is 2.48. The molecule has 2 saturated heterocycles. The molecule has 0 unspecified atom stereocenters. The molecule has 70 valence electrons. The Morgan fingerprint density at radius 1 is 1.25 bits per heavy atom. The number of piperidine rings is 1. The molecule has 0 aliphatic carbocycles. The van der Waals surface area contributed by atoms with Crippen LogP contribution in [-0.4, -0.2) is 48.8 Å². The molecule has 0 bridgehead atoms. The number of aliphatic hydroxyl groups is 1. The van der Waals surface area contributed by atoms with Crippen molar-refractivity contribution in [2.75, 3.05) is 32.7 Å². The molecule has 2 aliphatic heterocycles. The molecule has 2 aliphatic rings.